The predicted octanol–water partition coefficient (Wildman–Crippen LogP) is 2.79. The lowest BCUT2D eigenvalue weighted by atomic mass is 9.98. The predicted molar refractivity (Wildman–Crippen MR) is 88.9 cm³/mol. The number of carbonyl (C=O) groups excluding carboxylic acids is 1. The van der Waals surface area contributed by atoms with E-state index in [0.29, 0.717) is 5.92 Å². The Balaban J connectivity index is 1.47. The third kappa shape index (κ3) is 4.15. The summed E-state index contributed by atoms with van der Waals surface area (Å²) in [6.07, 6.45) is 4.22. The van der Waals surface area contributed by atoms with Gasteiger partial charge in [-0.15, -0.1) is 11.3 Å². The van der Waals surface area contributed by atoms with Crippen LogP contribution in [0.2, 0.25) is 0 Å². The highest BCUT2D eigenvalue weighted by atomic mass is 32.1. The van der Waals surface area contributed by atoms with Gasteiger partial charge in [-0.05, 0) is 48.9 Å². The minimum absolute atomic E-state index is 0.0526. The van der Waals surface area contributed by atoms with Crippen molar-refractivity contribution in [3.05, 3.63) is 52.5 Å². The van der Waals surface area contributed by atoms with Gasteiger partial charge in [0.25, 0.3) is 5.91 Å². The number of amides is 1. The monoisotopic (exact) mass is 315 g/mol. The lowest BCUT2D eigenvalue weighted by Gasteiger charge is -2.32. The fourth-order valence-electron chi connectivity index (χ4n) is 2.91. The van der Waals surface area contributed by atoms with E-state index in [1.807, 2.05) is 35.8 Å². The molecule has 1 fully saturated rings. The number of nitrogens with zero attached hydrogens (tertiary/aromatic N) is 2. The molecule has 0 aliphatic carbocycles. The number of aromatic nitrogens is 1. The molecule has 0 saturated carbocycles. The number of hydrogen-bond donors (Lipinski definition) is 1. The van der Waals surface area contributed by atoms with Crippen molar-refractivity contribution in [1.29, 1.82) is 0 Å². The number of pyridine rings is 1. The second kappa shape index (κ2) is 7.51. The van der Waals surface area contributed by atoms with Crippen LogP contribution in [0, 0.1) is 5.92 Å². The molecule has 0 bridgehead atoms. The van der Waals surface area contributed by atoms with Crippen LogP contribution in [0.4, 0.5) is 0 Å². The highest BCUT2D eigenvalue weighted by Gasteiger charge is 2.21. The van der Waals surface area contributed by atoms with Crippen molar-refractivity contribution in [1.82, 2.24) is 15.2 Å². The van der Waals surface area contributed by atoms with Gasteiger partial charge in [0.05, 0.1) is 10.6 Å². The zero-order valence-corrected chi connectivity index (χ0v) is 13.4. The van der Waals surface area contributed by atoms with Gasteiger partial charge in [0.15, 0.2) is 0 Å². The molecule has 5 heteroatoms. The Kier molecular flexibility index (Phi) is 5.19. The minimum atomic E-state index is 0.0526. The normalized spacial score (nSPS) is 19.0. The Bertz CT molecular complexity index is 585. The van der Waals surface area contributed by atoms with Crippen molar-refractivity contribution in [3.63, 3.8) is 0 Å². The fraction of sp³-hybridized carbons (Fsp3) is 0.412. The molecule has 4 nitrogen and oxygen atoms in total. The van der Waals surface area contributed by atoms with E-state index < -0.39 is 0 Å². The summed E-state index contributed by atoms with van der Waals surface area (Å²) in [4.78, 5) is 19.6. The smallest absolute Gasteiger partial charge is 0.261 e. The first-order valence-corrected chi connectivity index (χ1v) is 8.63. The van der Waals surface area contributed by atoms with Crippen molar-refractivity contribution in [2.24, 2.45) is 5.92 Å². The molecule has 0 spiro atoms. The van der Waals surface area contributed by atoms with E-state index in [4.69, 9.17) is 0 Å². The van der Waals surface area contributed by atoms with Crippen LogP contribution in [0.3, 0.4) is 0 Å². The molecule has 2 aromatic rings. The number of carbonyl (C=O) groups is 1. The molecule has 3 heterocycles. The summed E-state index contributed by atoms with van der Waals surface area (Å²) >= 11 is 1.49. The third-order valence-electron chi connectivity index (χ3n) is 4.01. The zero-order valence-electron chi connectivity index (χ0n) is 12.6. The number of hydrogen-bond acceptors (Lipinski definition) is 4. The quantitative estimate of drug-likeness (QED) is 0.923. The molecule has 3 rings (SSSR count). The van der Waals surface area contributed by atoms with Crippen LogP contribution in [-0.4, -0.2) is 35.4 Å². The van der Waals surface area contributed by atoms with Crippen molar-refractivity contribution in [2.75, 3.05) is 19.6 Å². The number of nitrogens with one attached hydrogen (secondary N) is 1. The largest absolute Gasteiger partial charge is 0.351 e. The molecule has 0 aromatic carbocycles. The average Bonchev–Trinajstić information content (AvgIpc) is 3.08. The van der Waals surface area contributed by atoms with Gasteiger partial charge in [-0.1, -0.05) is 12.1 Å². The summed E-state index contributed by atoms with van der Waals surface area (Å²) in [6, 6.07) is 9.83. The summed E-state index contributed by atoms with van der Waals surface area (Å²) in [7, 11) is 0. The summed E-state index contributed by atoms with van der Waals surface area (Å²) in [5, 5.41) is 5.00. The van der Waals surface area contributed by atoms with E-state index in [9.17, 15) is 4.79 Å². The molecule has 22 heavy (non-hydrogen) atoms. The van der Waals surface area contributed by atoms with Gasteiger partial charge in [-0.25, -0.2) is 0 Å². The van der Waals surface area contributed by atoms with Crippen LogP contribution < -0.4 is 5.32 Å². The van der Waals surface area contributed by atoms with Gasteiger partial charge in [0.2, 0.25) is 0 Å². The molecule has 1 N–H and O–H groups in total. The van der Waals surface area contributed by atoms with Crippen molar-refractivity contribution < 1.29 is 4.79 Å². The third-order valence-corrected chi connectivity index (χ3v) is 4.88. The summed E-state index contributed by atoms with van der Waals surface area (Å²) in [5.41, 5.74) is 1.12. The van der Waals surface area contributed by atoms with Crippen LogP contribution in [0.1, 0.15) is 28.2 Å². The summed E-state index contributed by atoms with van der Waals surface area (Å²) in [6.45, 7) is 3.80. The maximum absolute atomic E-state index is 12.0. The van der Waals surface area contributed by atoms with Gasteiger partial charge in [-0.3, -0.25) is 14.7 Å². The van der Waals surface area contributed by atoms with E-state index in [1.54, 1.807) is 0 Å². The van der Waals surface area contributed by atoms with E-state index >= 15 is 0 Å². The lowest BCUT2D eigenvalue weighted by molar-refractivity contribution is 0.0934. The Labute approximate surface area is 135 Å². The molecule has 2 aromatic heterocycles. The van der Waals surface area contributed by atoms with Gasteiger partial charge < -0.3 is 5.32 Å². The highest BCUT2D eigenvalue weighted by Crippen LogP contribution is 2.18. The molecule has 1 atom stereocenters. The molecule has 1 unspecified atom stereocenters. The van der Waals surface area contributed by atoms with Gasteiger partial charge in [-0.2, -0.15) is 0 Å². The van der Waals surface area contributed by atoms with E-state index in [-0.39, 0.29) is 5.91 Å². The minimum Gasteiger partial charge on any atom is -0.351 e. The van der Waals surface area contributed by atoms with E-state index in [0.717, 1.165) is 36.8 Å². The molecule has 1 aliphatic heterocycles. The van der Waals surface area contributed by atoms with Crippen molar-refractivity contribution in [3.8, 4) is 0 Å². The maximum Gasteiger partial charge on any atom is 0.261 e. The summed E-state index contributed by atoms with van der Waals surface area (Å²) < 4.78 is 0. The molecule has 1 saturated heterocycles. The Morgan fingerprint density at radius 1 is 1.36 bits per heavy atom. The second-order valence-electron chi connectivity index (χ2n) is 5.75. The first kappa shape index (κ1) is 15.2. The molecule has 1 amide bonds. The number of piperidine rings is 1. The summed E-state index contributed by atoms with van der Waals surface area (Å²) in [5.74, 6) is 0.582. The maximum atomic E-state index is 12.0. The average molecular weight is 315 g/mol. The number of likely N-dealkylation sites (tertiary alicyclic amines) is 1. The molecule has 0 radical (unpaired) electrons. The van der Waals surface area contributed by atoms with Crippen LogP contribution in [-0.2, 0) is 6.54 Å². The molecule has 1 aliphatic rings. The van der Waals surface area contributed by atoms with Crippen LogP contribution in [0.5, 0.6) is 0 Å². The van der Waals surface area contributed by atoms with Crippen LogP contribution in [0.25, 0.3) is 0 Å². The van der Waals surface area contributed by atoms with Crippen LogP contribution in [0.15, 0.2) is 41.9 Å². The van der Waals surface area contributed by atoms with E-state index in [2.05, 4.69) is 21.3 Å². The number of thiophene rings is 1. The van der Waals surface area contributed by atoms with Crippen molar-refractivity contribution >= 4 is 17.2 Å². The molecular weight excluding hydrogens is 294 g/mol. The second-order valence-corrected chi connectivity index (χ2v) is 6.70. The van der Waals surface area contributed by atoms with Crippen molar-refractivity contribution in [2.45, 2.75) is 19.4 Å². The standard InChI is InChI=1S/C17H21N3OS/c21-17(16-7-4-10-22-16)19-11-14-5-3-9-20(12-14)13-15-6-1-2-8-18-15/h1-2,4,6-8,10,14H,3,5,9,11-13H2,(H,19,21). The van der Waals surface area contributed by atoms with E-state index in [1.165, 1.54) is 24.2 Å². The van der Waals surface area contributed by atoms with Crippen LogP contribution >= 0.6 is 11.3 Å². The van der Waals surface area contributed by atoms with Gasteiger partial charge in [0.1, 0.15) is 0 Å². The SMILES string of the molecule is O=C(NCC1CCCN(Cc2ccccn2)C1)c1cccs1. The van der Waals surface area contributed by atoms with Gasteiger partial charge >= 0.3 is 0 Å². The zero-order chi connectivity index (χ0) is 15.2. The highest BCUT2D eigenvalue weighted by molar-refractivity contribution is 7.12. The lowest BCUT2D eigenvalue weighted by Crippen LogP contribution is -2.40. The first-order valence-electron chi connectivity index (χ1n) is 7.75. The fourth-order valence-corrected chi connectivity index (χ4v) is 3.55. The molecular formula is C17H21N3OS. The Morgan fingerprint density at radius 2 is 2.32 bits per heavy atom. The Morgan fingerprint density at radius 3 is 3.09 bits per heavy atom. The molecule has 116 valence electrons. The first-order chi connectivity index (χ1) is 10.8. The Hall–Kier alpha value is -1.72. The topological polar surface area (TPSA) is 45.2 Å². The number of rotatable bonds is 5. The van der Waals surface area contributed by atoms with Gasteiger partial charge in [0, 0.05) is 25.8 Å².